The van der Waals surface area contributed by atoms with Crippen molar-refractivity contribution in [2.24, 2.45) is 0 Å². The van der Waals surface area contributed by atoms with Crippen molar-refractivity contribution in [3.63, 3.8) is 0 Å². The highest BCUT2D eigenvalue weighted by Gasteiger charge is 2.18. The Kier molecular flexibility index (Phi) is 4.07. The van der Waals surface area contributed by atoms with E-state index in [-0.39, 0.29) is 6.04 Å². The average Bonchev–Trinajstić information content (AvgIpc) is 2.89. The summed E-state index contributed by atoms with van der Waals surface area (Å²) in [6.45, 7) is 2.07. The monoisotopic (exact) mass is 363 g/mol. The molecule has 21 heavy (non-hydrogen) atoms. The third-order valence-electron chi connectivity index (χ3n) is 3.62. The highest BCUT2D eigenvalue weighted by atomic mass is 79.9. The summed E-state index contributed by atoms with van der Waals surface area (Å²) in [5, 5.41) is 4.96. The molecule has 3 rings (SSSR count). The summed E-state index contributed by atoms with van der Waals surface area (Å²) in [7, 11) is 1.92. The molecule has 0 radical (unpaired) electrons. The number of furan rings is 1. The maximum atomic E-state index is 6.19. The van der Waals surface area contributed by atoms with Crippen LogP contribution in [0.4, 0.5) is 0 Å². The van der Waals surface area contributed by atoms with Gasteiger partial charge in [-0.25, -0.2) is 0 Å². The molecule has 0 bridgehead atoms. The molecule has 0 aliphatic rings. The molecular weight excluding hydrogens is 350 g/mol. The Balaban J connectivity index is 2.09. The first-order chi connectivity index (χ1) is 10.1. The molecule has 1 heterocycles. The van der Waals surface area contributed by atoms with E-state index in [1.165, 1.54) is 5.56 Å². The molecule has 2 aromatic carbocycles. The quantitative estimate of drug-likeness (QED) is 0.667. The molecule has 1 unspecified atom stereocenters. The molecule has 0 aliphatic carbocycles. The number of hydrogen-bond acceptors (Lipinski definition) is 2. The third kappa shape index (κ3) is 2.73. The van der Waals surface area contributed by atoms with Crippen LogP contribution in [0.3, 0.4) is 0 Å². The molecule has 1 atom stereocenters. The van der Waals surface area contributed by atoms with Crippen LogP contribution in [-0.2, 0) is 0 Å². The van der Waals surface area contributed by atoms with Gasteiger partial charge in [0.15, 0.2) is 5.58 Å². The van der Waals surface area contributed by atoms with Crippen molar-refractivity contribution in [3.05, 3.63) is 68.8 Å². The van der Waals surface area contributed by atoms with E-state index in [0.717, 1.165) is 26.8 Å². The SMILES string of the molecule is CNC(c1ccc(C)c(Br)c1)c1cc2cccc(Cl)c2o1. The zero-order valence-electron chi connectivity index (χ0n) is 11.8. The highest BCUT2D eigenvalue weighted by Crippen LogP contribution is 2.33. The van der Waals surface area contributed by atoms with Gasteiger partial charge in [0.05, 0.1) is 11.1 Å². The van der Waals surface area contributed by atoms with Gasteiger partial charge in [0.25, 0.3) is 0 Å². The van der Waals surface area contributed by atoms with Crippen LogP contribution < -0.4 is 5.32 Å². The molecule has 1 N–H and O–H groups in total. The molecule has 2 nitrogen and oxygen atoms in total. The number of fused-ring (bicyclic) bond motifs is 1. The van der Waals surface area contributed by atoms with E-state index in [1.807, 2.05) is 31.3 Å². The van der Waals surface area contributed by atoms with Crippen LogP contribution in [-0.4, -0.2) is 7.05 Å². The lowest BCUT2D eigenvalue weighted by molar-refractivity contribution is 0.491. The minimum Gasteiger partial charge on any atom is -0.457 e. The van der Waals surface area contributed by atoms with Crippen molar-refractivity contribution in [3.8, 4) is 0 Å². The van der Waals surface area contributed by atoms with Crippen molar-refractivity contribution >= 4 is 38.5 Å². The first kappa shape index (κ1) is 14.6. The minimum atomic E-state index is -0.00892. The van der Waals surface area contributed by atoms with Crippen LogP contribution in [0.15, 0.2) is 51.4 Å². The number of nitrogens with one attached hydrogen (secondary N) is 1. The predicted octanol–water partition coefficient (Wildman–Crippen LogP) is 5.47. The van der Waals surface area contributed by atoms with E-state index in [2.05, 4.69) is 46.4 Å². The molecule has 4 heteroatoms. The van der Waals surface area contributed by atoms with Crippen LogP contribution in [0.2, 0.25) is 5.02 Å². The summed E-state index contributed by atoms with van der Waals surface area (Å²) < 4.78 is 7.06. The molecule has 0 saturated carbocycles. The maximum absolute atomic E-state index is 6.19. The zero-order chi connectivity index (χ0) is 15.0. The first-order valence-corrected chi connectivity index (χ1v) is 7.88. The normalized spacial score (nSPS) is 12.8. The predicted molar refractivity (Wildman–Crippen MR) is 91.0 cm³/mol. The standard InChI is InChI=1S/C17H15BrClNO/c1-10-6-7-11(8-13(10)18)16(20-2)15-9-12-4-3-5-14(19)17(12)21-15/h3-9,16,20H,1-2H3. The van der Waals surface area contributed by atoms with Gasteiger partial charge in [-0.1, -0.05) is 51.8 Å². The summed E-state index contributed by atoms with van der Waals surface area (Å²) >= 11 is 9.77. The van der Waals surface area contributed by atoms with Crippen molar-refractivity contribution in [2.45, 2.75) is 13.0 Å². The van der Waals surface area contributed by atoms with E-state index < -0.39 is 0 Å². The smallest absolute Gasteiger partial charge is 0.152 e. The summed E-state index contributed by atoms with van der Waals surface area (Å²) in [6, 6.07) is 14.1. The fourth-order valence-corrected chi connectivity index (χ4v) is 3.07. The molecule has 0 fully saturated rings. The van der Waals surface area contributed by atoms with Crippen molar-refractivity contribution < 1.29 is 4.42 Å². The van der Waals surface area contributed by atoms with Crippen molar-refractivity contribution in [2.75, 3.05) is 7.05 Å². The summed E-state index contributed by atoms with van der Waals surface area (Å²) in [6.07, 6.45) is 0. The van der Waals surface area contributed by atoms with Crippen LogP contribution in [0.25, 0.3) is 11.0 Å². The number of rotatable bonds is 3. The minimum absolute atomic E-state index is 0.00892. The largest absolute Gasteiger partial charge is 0.457 e. The highest BCUT2D eigenvalue weighted by molar-refractivity contribution is 9.10. The van der Waals surface area contributed by atoms with Crippen LogP contribution in [0.5, 0.6) is 0 Å². The van der Waals surface area contributed by atoms with Crippen LogP contribution in [0.1, 0.15) is 22.9 Å². The number of benzene rings is 2. The molecule has 3 aromatic rings. The summed E-state index contributed by atoms with van der Waals surface area (Å²) in [5.41, 5.74) is 3.09. The van der Waals surface area contributed by atoms with Gasteiger partial charge in [-0.3, -0.25) is 0 Å². The fourth-order valence-electron chi connectivity index (χ4n) is 2.45. The van der Waals surface area contributed by atoms with E-state index in [0.29, 0.717) is 5.02 Å². The Bertz CT molecular complexity index is 797. The summed E-state index contributed by atoms with van der Waals surface area (Å²) in [4.78, 5) is 0. The van der Waals surface area contributed by atoms with Crippen LogP contribution >= 0.6 is 27.5 Å². The lowest BCUT2D eigenvalue weighted by atomic mass is 10.0. The van der Waals surface area contributed by atoms with E-state index in [4.69, 9.17) is 16.0 Å². The van der Waals surface area contributed by atoms with Gasteiger partial charge < -0.3 is 9.73 Å². The molecule has 0 aliphatic heterocycles. The van der Waals surface area contributed by atoms with E-state index in [1.54, 1.807) is 0 Å². The lowest BCUT2D eigenvalue weighted by Crippen LogP contribution is -2.17. The fraction of sp³-hybridized carbons (Fsp3) is 0.176. The molecule has 0 spiro atoms. The Morgan fingerprint density at radius 2 is 2.00 bits per heavy atom. The molecule has 108 valence electrons. The molecule has 1 aromatic heterocycles. The summed E-state index contributed by atoms with van der Waals surface area (Å²) in [5.74, 6) is 0.858. The van der Waals surface area contributed by atoms with Gasteiger partial charge in [0.1, 0.15) is 5.76 Å². The zero-order valence-corrected chi connectivity index (χ0v) is 14.1. The van der Waals surface area contributed by atoms with Gasteiger partial charge in [-0.05, 0) is 43.3 Å². The van der Waals surface area contributed by atoms with Gasteiger partial charge in [0.2, 0.25) is 0 Å². The Morgan fingerprint density at radius 3 is 2.67 bits per heavy atom. The van der Waals surface area contributed by atoms with Gasteiger partial charge >= 0.3 is 0 Å². The topological polar surface area (TPSA) is 25.2 Å². The van der Waals surface area contributed by atoms with Gasteiger partial charge in [0, 0.05) is 9.86 Å². The van der Waals surface area contributed by atoms with Gasteiger partial charge in [-0.2, -0.15) is 0 Å². The number of hydrogen-bond donors (Lipinski definition) is 1. The van der Waals surface area contributed by atoms with E-state index >= 15 is 0 Å². The second-order valence-electron chi connectivity index (χ2n) is 5.04. The Hall–Kier alpha value is -1.29. The van der Waals surface area contributed by atoms with Crippen molar-refractivity contribution in [1.29, 1.82) is 0 Å². The molecular formula is C17H15BrClNO. The average molecular weight is 365 g/mol. The molecule has 0 saturated heterocycles. The van der Waals surface area contributed by atoms with Crippen molar-refractivity contribution in [1.82, 2.24) is 5.32 Å². The second-order valence-corrected chi connectivity index (χ2v) is 6.30. The first-order valence-electron chi connectivity index (χ1n) is 6.71. The number of para-hydroxylation sites is 1. The lowest BCUT2D eigenvalue weighted by Gasteiger charge is -2.15. The third-order valence-corrected chi connectivity index (χ3v) is 4.77. The van der Waals surface area contributed by atoms with Crippen LogP contribution in [0, 0.1) is 6.92 Å². The Morgan fingerprint density at radius 1 is 1.19 bits per heavy atom. The number of halogens is 2. The van der Waals surface area contributed by atoms with Gasteiger partial charge in [-0.15, -0.1) is 0 Å². The van der Waals surface area contributed by atoms with E-state index in [9.17, 15) is 0 Å². The Labute approximate surface area is 137 Å². The maximum Gasteiger partial charge on any atom is 0.152 e. The number of aryl methyl sites for hydroxylation is 1. The molecule has 0 amide bonds. The second kappa shape index (κ2) is 5.84.